The molecule has 102 valence electrons. The molecule has 1 aromatic heterocycles. The molecule has 0 aromatic carbocycles. The minimum atomic E-state index is -4.28. The summed E-state index contributed by atoms with van der Waals surface area (Å²) in [6.45, 7) is 1.32. The molecule has 18 heavy (non-hydrogen) atoms. The first-order chi connectivity index (χ1) is 8.30. The summed E-state index contributed by atoms with van der Waals surface area (Å²) in [5.41, 5.74) is 0.660. The summed E-state index contributed by atoms with van der Waals surface area (Å²) in [6, 6.07) is -0.940. The summed E-state index contributed by atoms with van der Waals surface area (Å²) < 4.78 is 36.2. The Morgan fingerprint density at radius 1 is 1.61 bits per heavy atom. The van der Waals surface area contributed by atoms with E-state index < -0.39 is 24.5 Å². The van der Waals surface area contributed by atoms with Gasteiger partial charge in [-0.15, -0.1) is 22.9 Å². The molecule has 0 saturated heterocycles. The second-order valence-corrected chi connectivity index (χ2v) is 5.04. The second kappa shape index (κ2) is 6.38. The van der Waals surface area contributed by atoms with E-state index in [1.807, 2.05) is 0 Å². The van der Waals surface area contributed by atoms with Crippen LogP contribution in [0.25, 0.3) is 0 Å². The van der Waals surface area contributed by atoms with Gasteiger partial charge in [-0.1, -0.05) is 0 Å². The average molecular weight is 301 g/mol. The highest BCUT2D eigenvalue weighted by atomic mass is 35.5. The Kier molecular flexibility index (Phi) is 5.40. The molecule has 0 aliphatic rings. The molecule has 0 saturated carbocycles. The monoisotopic (exact) mass is 300 g/mol. The zero-order valence-corrected chi connectivity index (χ0v) is 11.1. The summed E-state index contributed by atoms with van der Waals surface area (Å²) in [6.07, 6.45) is -5.34. The summed E-state index contributed by atoms with van der Waals surface area (Å²) >= 11 is 6.82. The van der Waals surface area contributed by atoms with Crippen LogP contribution in [0.3, 0.4) is 0 Å². The first-order valence-electron chi connectivity index (χ1n) is 5.15. The van der Waals surface area contributed by atoms with E-state index in [1.165, 1.54) is 18.3 Å². The second-order valence-electron chi connectivity index (χ2n) is 3.83. The van der Waals surface area contributed by atoms with Crippen LogP contribution < -0.4 is 5.32 Å². The number of hydrogen-bond donors (Lipinski definition) is 1. The third-order valence-corrected chi connectivity index (χ3v) is 3.16. The Morgan fingerprint density at radius 3 is 2.78 bits per heavy atom. The maximum atomic E-state index is 12.1. The van der Waals surface area contributed by atoms with Gasteiger partial charge < -0.3 is 5.32 Å². The highest BCUT2D eigenvalue weighted by Gasteiger charge is 2.30. The van der Waals surface area contributed by atoms with Crippen molar-refractivity contribution in [3.63, 3.8) is 0 Å². The molecule has 1 amide bonds. The van der Waals surface area contributed by atoms with Gasteiger partial charge in [-0.25, -0.2) is 4.98 Å². The van der Waals surface area contributed by atoms with Crippen molar-refractivity contribution in [2.24, 2.45) is 0 Å². The SMILES string of the molecule is CC(CC(F)(F)F)NC(=O)Cc1nc(CCl)cs1. The highest BCUT2D eigenvalue weighted by Crippen LogP contribution is 2.21. The summed E-state index contributed by atoms with van der Waals surface area (Å²) in [5.74, 6) is -0.218. The van der Waals surface area contributed by atoms with E-state index in [9.17, 15) is 18.0 Å². The molecule has 1 atom stereocenters. The van der Waals surface area contributed by atoms with Crippen LogP contribution in [0.1, 0.15) is 24.0 Å². The largest absolute Gasteiger partial charge is 0.391 e. The van der Waals surface area contributed by atoms with Gasteiger partial charge in [0.2, 0.25) is 5.91 Å². The number of nitrogens with zero attached hydrogens (tertiary/aromatic N) is 1. The van der Waals surface area contributed by atoms with Crippen LogP contribution in [0, 0.1) is 0 Å². The molecular weight excluding hydrogens is 289 g/mol. The first-order valence-corrected chi connectivity index (χ1v) is 6.57. The fourth-order valence-electron chi connectivity index (χ4n) is 1.35. The van der Waals surface area contributed by atoms with E-state index in [0.717, 1.165) is 0 Å². The predicted molar refractivity (Wildman–Crippen MR) is 63.7 cm³/mol. The third-order valence-electron chi connectivity index (χ3n) is 1.99. The minimum absolute atomic E-state index is 0.0241. The van der Waals surface area contributed by atoms with Crippen LogP contribution in [0.2, 0.25) is 0 Å². The maximum Gasteiger partial charge on any atom is 0.391 e. The van der Waals surface area contributed by atoms with Crippen molar-refractivity contribution >= 4 is 28.8 Å². The molecule has 1 heterocycles. The van der Waals surface area contributed by atoms with E-state index >= 15 is 0 Å². The number of thiazole rings is 1. The Labute approximate surface area is 111 Å². The van der Waals surface area contributed by atoms with Crippen LogP contribution in [0.15, 0.2) is 5.38 Å². The van der Waals surface area contributed by atoms with Crippen LogP contribution in [-0.4, -0.2) is 23.1 Å². The number of carbonyl (C=O) groups is 1. The van der Waals surface area contributed by atoms with Crippen LogP contribution >= 0.6 is 22.9 Å². The van der Waals surface area contributed by atoms with Gasteiger partial charge >= 0.3 is 6.18 Å². The van der Waals surface area contributed by atoms with Gasteiger partial charge in [0.1, 0.15) is 5.01 Å². The van der Waals surface area contributed by atoms with E-state index in [4.69, 9.17) is 11.6 Å². The number of hydrogen-bond acceptors (Lipinski definition) is 3. The molecule has 0 radical (unpaired) electrons. The van der Waals surface area contributed by atoms with Gasteiger partial charge in [0.15, 0.2) is 0 Å². The molecule has 3 nitrogen and oxygen atoms in total. The number of halogens is 4. The standard InChI is InChI=1S/C10H12ClF3N2OS/c1-6(3-10(12,13)14)15-8(17)2-9-16-7(4-11)5-18-9/h5-6H,2-4H2,1H3,(H,15,17). The lowest BCUT2D eigenvalue weighted by Gasteiger charge is -2.15. The van der Waals surface area contributed by atoms with Gasteiger partial charge in [0, 0.05) is 11.4 Å². The molecule has 0 fully saturated rings. The van der Waals surface area contributed by atoms with Crippen molar-refractivity contribution in [3.05, 3.63) is 16.1 Å². The third kappa shape index (κ3) is 5.68. The zero-order valence-electron chi connectivity index (χ0n) is 9.55. The highest BCUT2D eigenvalue weighted by molar-refractivity contribution is 7.09. The fraction of sp³-hybridized carbons (Fsp3) is 0.600. The molecule has 0 spiro atoms. The van der Waals surface area contributed by atoms with Gasteiger partial charge in [0.05, 0.1) is 24.4 Å². The van der Waals surface area contributed by atoms with Gasteiger partial charge in [-0.2, -0.15) is 13.2 Å². The van der Waals surface area contributed by atoms with Crippen LogP contribution in [-0.2, 0) is 17.1 Å². The zero-order chi connectivity index (χ0) is 13.8. The Morgan fingerprint density at radius 2 is 2.28 bits per heavy atom. The lowest BCUT2D eigenvalue weighted by molar-refractivity contribution is -0.141. The number of amides is 1. The van der Waals surface area contributed by atoms with Crippen LogP contribution in [0.5, 0.6) is 0 Å². The predicted octanol–water partition coefficient (Wildman–Crippen LogP) is 2.88. The summed E-state index contributed by atoms with van der Waals surface area (Å²) in [4.78, 5) is 15.5. The first kappa shape index (κ1) is 15.2. The molecule has 8 heteroatoms. The Hall–Kier alpha value is -0.820. The number of nitrogens with one attached hydrogen (secondary N) is 1. The molecule has 1 aromatic rings. The van der Waals surface area contributed by atoms with E-state index in [1.54, 1.807) is 5.38 Å². The van der Waals surface area contributed by atoms with Crippen molar-refractivity contribution in [1.82, 2.24) is 10.3 Å². The van der Waals surface area contributed by atoms with Gasteiger partial charge in [0.25, 0.3) is 0 Å². The number of carbonyl (C=O) groups excluding carboxylic acids is 1. The van der Waals surface area contributed by atoms with Gasteiger partial charge in [-0.05, 0) is 6.92 Å². The summed E-state index contributed by atoms with van der Waals surface area (Å²) in [7, 11) is 0. The molecule has 1 unspecified atom stereocenters. The van der Waals surface area contributed by atoms with Crippen LogP contribution in [0.4, 0.5) is 13.2 Å². The fourth-order valence-corrected chi connectivity index (χ4v) is 2.37. The molecule has 0 bridgehead atoms. The lowest BCUT2D eigenvalue weighted by Crippen LogP contribution is -2.36. The number of alkyl halides is 4. The Bertz CT molecular complexity index is 408. The van der Waals surface area contributed by atoms with Crippen molar-refractivity contribution in [3.8, 4) is 0 Å². The number of rotatable bonds is 5. The lowest BCUT2D eigenvalue weighted by atomic mass is 10.2. The topological polar surface area (TPSA) is 42.0 Å². The Balaban J connectivity index is 2.41. The van der Waals surface area contributed by atoms with Crippen molar-refractivity contribution < 1.29 is 18.0 Å². The smallest absolute Gasteiger partial charge is 0.353 e. The van der Waals surface area contributed by atoms with Crippen molar-refractivity contribution in [2.45, 2.75) is 37.9 Å². The van der Waals surface area contributed by atoms with E-state index in [0.29, 0.717) is 10.7 Å². The molecular formula is C10H12ClF3N2OS. The molecule has 1 rings (SSSR count). The quantitative estimate of drug-likeness (QED) is 0.850. The van der Waals surface area contributed by atoms with E-state index in [2.05, 4.69) is 10.3 Å². The van der Waals surface area contributed by atoms with E-state index in [-0.39, 0.29) is 12.3 Å². The number of aromatic nitrogens is 1. The molecule has 0 aliphatic heterocycles. The molecule has 1 N–H and O–H groups in total. The van der Waals surface area contributed by atoms with Crippen molar-refractivity contribution in [2.75, 3.05) is 0 Å². The average Bonchev–Trinajstić information content (AvgIpc) is 2.61. The van der Waals surface area contributed by atoms with Crippen molar-refractivity contribution in [1.29, 1.82) is 0 Å². The maximum absolute atomic E-state index is 12.1. The minimum Gasteiger partial charge on any atom is -0.353 e. The molecule has 0 aliphatic carbocycles. The normalized spacial score (nSPS) is 13.4. The van der Waals surface area contributed by atoms with Gasteiger partial charge in [-0.3, -0.25) is 4.79 Å². The summed E-state index contributed by atoms with van der Waals surface area (Å²) in [5, 5.41) is 4.55.